The van der Waals surface area contributed by atoms with E-state index in [1.165, 1.54) is 21.1 Å². The maximum atomic E-state index is 6.14. The van der Waals surface area contributed by atoms with Crippen LogP contribution in [-0.4, -0.2) is 0 Å². The zero-order valence-corrected chi connectivity index (χ0v) is 13.4. The van der Waals surface area contributed by atoms with Gasteiger partial charge in [0.15, 0.2) is 0 Å². The molecule has 1 N–H and O–H groups in total. The first-order valence-corrected chi connectivity index (χ1v) is 8.24. The van der Waals surface area contributed by atoms with Crippen LogP contribution in [0.3, 0.4) is 0 Å². The third-order valence-corrected chi connectivity index (χ3v) is 5.55. The Bertz CT molecular complexity index is 519. The second kappa shape index (κ2) is 6.40. The molecule has 18 heavy (non-hydrogen) atoms. The highest BCUT2D eigenvalue weighted by Gasteiger charge is 2.13. The van der Waals surface area contributed by atoms with Crippen molar-refractivity contribution in [3.05, 3.63) is 42.2 Å². The number of hydrogen-bond donors (Lipinski definition) is 1. The van der Waals surface area contributed by atoms with E-state index in [1.807, 2.05) is 17.4 Å². The minimum atomic E-state index is 0.216. The van der Waals surface area contributed by atoms with Crippen LogP contribution in [-0.2, 0) is 13.0 Å². The van der Waals surface area contributed by atoms with Gasteiger partial charge < -0.3 is 5.32 Å². The third-order valence-electron chi connectivity index (χ3n) is 2.80. The van der Waals surface area contributed by atoms with Crippen LogP contribution < -0.4 is 5.32 Å². The topological polar surface area (TPSA) is 12.0 Å². The van der Waals surface area contributed by atoms with E-state index < -0.39 is 0 Å². The molecule has 2 aromatic heterocycles. The summed E-state index contributed by atoms with van der Waals surface area (Å²) in [5, 5.41) is 3.48. The monoisotopic (exact) mass is 319 g/mol. The molecule has 0 saturated heterocycles. The lowest BCUT2D eigenvalue weighted by atomic mass is 10.2. The van der Waals surface area contributed by atoms with Crippen molar-refractivity contribution in [2.75, 3.05) is 0 Å². The lowest BCUT2D eigenvalue weighted by molar-refractivity contribution is 0.580. The van der Waals surface area contributed by atoms with Crippen molar-refractivity contribution >= 4 is 45.9 Å². The molecule has 0 bridgehead atoms. The van der Waals surface area contributed by atoms with Crippen LogP contribution in [0.15, 0.2) is 18.2 Å². The summed E-state index contributed by atoms with van der Waals surface area (Å²) >= 11 is 15.4. The van der Waals surface area contributed by atoms with Gasteiger partial charge in [-0.3, -0.25) is 0 Å². The number of hydrogen-bond acceptors (Lipinski definition) is 3. The van der Waals surface area contributed by atoms with Crippen LogP contribution in [0.2, 0.25) is 8.67 Å². The Hall–Kier alpha value is -0.0600. The minimum Gasteiger partial charge on any atom is -0.305 e. The van der Waals surface area contributed by atoms with Gasteiger partial charge in [0, 0.05) is 22.3 Å². The molecule has 0 aromatic carbocycles. The van der Waals surface area contributed by atoms with Crippen LogP contribution in [0.25, 0.3) is 0 Å². The Balaban J connectivity index is 1.95. The normalized spacial score (nSPS) is 12.9. The molecule has 0 radical (unpaired) electrons. The maximum Gasteiger partial charge on any atom is 0.0991 e. The van der Waals surface area contributed by atoms with Crippen LogP contribution in [0, 0.1) is 0 Å². The molecular formula is C13H15Cl2NS2. The van der Waals surface area contributed by atoms with Gasteiger partial charge in [0.1, 0.15) is 0 Å². The average Bonchev–Trinajstić information content (AvgIpc) is 2.92. The molecule has 2 heterocycles. The molecule has 0 aliphatic rings. The maximum absolute atomic E-state index is 6.14. The first-order valence-electron chi connectivity index (χ1n) is 5.85. The van der Waals surface area contributed by atoms with Gasteiger partial charge in [-0.15, -0.1) is 22.7 Å². The van der Waals surface area contributed by atoms with Crippen molar-refractivity contribution < 1.29 is 0 Å². The smallest absolute Gasteiger partial charge is 0.0991 e. The fraction of sp³-hybridized carbons (Fsp3) is 0.385. The van der Waals surface area contributed by atoms with Crippen molar-refractivity contribution in [2.45, 2.75) is 32.9 Å². The van der Waals surface area contributed by atoms with Gasteiger partial charge in [0.05, 0.1) is 8.67 Å². The molecule has 0 fully saturated rings. The summed E-state index contributed by atoms with van der Waals surface area (Å²) in [6, 6.07) is 6.54. The highest BCUT2D eigenvalue weighted by atomic mass is 35.5. The van der Waals surface area contributed by atoms with Crippen LogP contribution in [0.1, 0.15) is 35.2 Å². The van der Waals surface area contributed by atoms with Crippen LogP contribution in [0.4, 0.5) is 0 Å². The third kappa shape index (κ3) is 3.49. The van der Waals surface area contributed by atoms with Crippen molar-refractivity contribution in [1.82, 2.24) is 5.32 Å². The quantitative estimate of drug-likeness (QED) is 0.764. The van der Waals surface area contributed by atoms with Crippen molar-refractivity contribution in [3.63, 3.8) is 0 Å². The van der Waals surface area contributed by atoms with Crippen LogP contribution >= 0.6 is 45.9 Å². The van der Waals surface area contributed by atoms with Gasteiger partial charge in [-0.25, -0.2) is 0 Å². The Morgan fingerprint density at radius 2 is 1.94 bits per heavy atom. The highest BCUT2D eigenvalue weighted by Crippen LogP contribution is 2.35. The van der Waals surface area contributed by atoms with Crippen LogP contribution in [0.5, 0.6) is 0 Å². The Morgan fingerprint density at radius 3 is 2.50 bits per heavy atom. The van der Waals surface area contributed by atoms with E-state index in [9.17, 15) is 0 Å². The van der Waals surface area contributed by atoms with E-state index in [0.29, 0.717) is 0 Å². The summed E-state index contributed by atoms with van der Waals surface area (Å²) < 4.78 is 1.52. The molecule has 5 heteroatoms. The fourth-order valence-corrected chi connectivity index (χ4v) is 4.27. The van der Waals surface area contributed by atoms with E-state index in [4.69, 9.17) is 23.2 Å². The molecule has 0 aliphatic heterocycles. The largest absolute Gasteiger partial charge is 0.305 e. The second-order valence-corrected chi connectivity index (χ2v) is 7.64. The number of thiophene rings is 2. The van der Waals surface area contributed by atoms with Crippen molar-refractivity contribution in [2.24, 2.45) is 0 Å². The number of nitrogens with one attached hydrogen (secondary N) is 1. The van der Waals surface area contributed by atoms with Gasteiger partial charge in [-0.1, -0.05) is 30.1 Å². The zero-order valence-electron chi connectivity index (χ0n) is 10.3. The summed E-state index contributed by atoms with van der Waals surface area (Å²) in [6.07, 6.45) is 1.10. The molecule has 2 rings (SSSR count). The van der Waals surface area contributed by atoms with E-state index in [1.54, 1.807) is 0 Å². The SMILES string of the molecule is CCc1ccc(CNC(C)c2cc(Cl)sc2Cl)s1. The number of halogens is 2. The molecule has 98 valence electrons. The van der Waals surface area contributed by atoms with E-state index >= 15 is 0 Å². The van der Waals surface area contributed by atoms with E-state index in [2.05, 4.69) is 31.3 Å². The zero-order chi connectivity index (χ0) is 13.1. The van der Waals surface area contributed by atoms with Gasteiger partial charge >= 0.3 is 0 Å². The summed E-state index contributed by atoms with van der Waals surface area (Å²) in [5.41, 5.74) is 1.08. The Morgan fingerprint density at radius 1 is 1.22 bits per heavy atom. The molecule has 0 aliphatic carbocycles. The average molecular weight is 320 g/mol. The first-order chi connectivity index (χ1) is 8.60. The fourth-order valence-electron chi connectivity index (χ4n) is 1.72. The van der Waals surface area contributed by atoms with E-state index in [-0.39, 0.29) is 6.04 Å². The van der Waals surface area contributed by atoms with Gasteiger partial charge in [-0.05, 0) is 37.1 Å². The molecule has 1 atom stereocenters. The van der Waals surface area contributed by atoms with E-state index in [0.717, 1.165) is 27.2 Å². The number of aryl methyl sites for hydroxylation is 1. The molecule has 0 saturated carbocycles. The predicted molar refractivity (Wildman–Crippen MR) is 83.3 cm³/mol. The molecule has 1 unspecified atom stereocenters. The summed E-state index contributed by atoms with van der Waals surface area (Å²) in [6.45, 7) is 5.16. The first kappa shape index (κ1) is 14.4. The minimum absolute atomic E-state index is 0.216. The molecule has 1 nitrogen and oxygen atoms in total. The molecule has 0 spiro atoms. The Kier molecular flexibility index (Phi) is 5.10. The number of rotatable bonds is 5. The molecule has 2 aromatic rings. The molecule has 0 amide bonds. The Labute approximate surface area is 126 Å². The highest BCUT2D eigenvalue weighted by molar-refractivity contribution is 7.20. The lowest BCUT2D eigenvalue weighted by Gasteiger charge is -2.12. The standard InChI is InChI=1S/C13H15Cl2NS2/c1-3-9-4-5-10(17-9)7-16-8(2)11-6-12(14)18-13(11)15/h4-6,8,16H,3,7H2,1-2H3. The van der Waals surface area contributed by atoms with Gasteiger partial charge in [0.2, 0.25) is 0 Å². The van der Waals surface area contributed by atoms with Gasteiger partial charge in [0.25, 0.3) is 0 Å². The summed E-state index contributed by atoms with van der Waals surface area (Å²) in [7, 11) is 0. The lowest BCUT2D eigenvalue weighted by Crippen LogP contribution is -2.17. The second-order valence-electron chi connectivity index (χ2n) is 4.10. The summed E-state index contributed by atoms with van der Waals surface area (Å²) in [4.78, 5) is 2.78. The van der Waals surface area contributed by atoms with Gasteiger partial charge in [-0.2, -0.15) is 0 Å². The summed E-state index contributed by atoms with van der Waals surface area (Å²) in [5.74, 6) is 0. The van der Waals surface area contributed by atoms with Crippen molar-refractivity contribution in [1.29, 1.82) is 0 Å². The predicted octanol–water partition coefficient (Wildman–Crippen LogP) is 5.53. The van der Waals surface area contributed by atoms with Crippen molar-refractivity contribution in [3.8, 4) is 0 Å². The molecular weight excluding hydrogens is 305 g/mol.